The van der Waals surface area contributed by atoms with Crippen molar-refractivity contribution in [1.29, 1.82) is 0 Å². The number of carbonyl (C=O) groups excluding carboxylic acids is 2. The van der Waals surface area contributed by atoms with Crippen LogP contribution in [0, 0.1) is 12.8 Å². The summed E-state index contributed by atoms with van der Waals surface area (Å²) < 4.78 is 11.3. The average Bonchev–Trinajstić information content (AvgIpc) is 3.38. The number of cyclic esters (lactones) is 1. The SMILES string of the molecule is C=CC(=O)Nc1cc2c(Nc3cccc(C)c3)ncnc2cc1OCCCC1CCN(C2COC(=O)C2)CC1. The Bertz CT molecular complexity index is 1350. The third kappa shape index (κ3) is 6.72. The quantitative estimate of drug-likeness (QED) is 0.215. The van der Waals surface area contributed by atoms with E-state index in [-0.39, 0.29) is 17.9 Å². The zero-order valence-electron chi connectivity index (χ0n) is 22.3. The largest absolute Gasteiger partial charge is 0.491 e. The lowest BCUT2D eigenvalue weighted by Crippen LogP contribution is -2.41. The molecule has 2 aliphatic heterocycles. The number of nitrogens with one attached hydrogen (secondary N) is 2. The Kier molecular flexibility index (Phi) is 8.36. The molecule has 3 heterocycles. The van der Waals surface area contributed by atoms with E-state index >= 15 is 0 Å². The maximum atomic E-state index is 12.2. The van der Waals surface area contributed by atoms with E-state index in [4.69, 9.17) is 9.47 Å². The van der Waals surface area contributed by atoms with Crippen LogP contribution < -0.4 is 15.4 Å². The lowest BCUT2D eigenvalue weighted by molar-refractivity contribution is -0.137. The number of aryl methyl sites for hydroxylation is 1. The highest BCUT2D eigenvalue weighted by Gasteiger charge is 2.31. The van der Waals surface area contributed by atoms with E-state index in [9.17, 15) is 9.59 Å². The highest BCUT2D eigenvalue weighted by atomic mass is 16.5. The molecule has 1 unspecified atom stereocenters. The summed E-state index contributed by atoms with van der Waals surface area (Å²) in [5.74, 6) is 1.46. The first-order valence-electron chi connectivity index (χ1n) is 13.6. The van der Waals surface area contributed by atoms with Crippen molar-refractivity contribution in [3.05, 3.63) is 60.9 Å². The lowest BCUT2D eigenvalue weighted by Gasteiger charge is -2.34. The molecule has 5 rings (SSSR count). The highest BCUT2D eigenvalue weighted by Crippen LogP contribution is 2.34. The molecule has 39 heavy (non-hydrogen) atoms. The van der Waals surface area contributed by atoms with Gasteiger partial charge in [-0.25, -0.2) is 9.97 Å². The van der Waals surface area contributed by atoms with Gasteiger partial charge in [0.1, 0.15) is 24.5 Å². The molecule has 2 aliphatic rings. The Morgan fingerprint density at radius 3 is 2.82 bits per heavy atom. The molecule has 204 valence electrons. The normalized spacial score (nSPS) is 18.1. The van der Waals surface area contributed by atoms with Crippen LogP contribution in [0.3, 0.4) is 0 Å². The van der Waals surface area contributed by atoms with Gasteiger partial charge in [-0.05, 0) is 81.5 Å². The minimum Gasteiger partial charge on any atom is -0.491 e. The first-order valence-corrected chi connectivity index (χ1v) is 13.6. The molecule has 2 N–H and O–H groups in total. The average molecular weight is 530 g/mol. The fourth-order valence-electron chi connectivity index (χ4n) is 5.34. The zero-order valence-corrected chi connectivity index (χ0v) is 22.3. The second-order valence-corrected chi connectivity index (χ2v) is 10.3. The number of rotatable bonds is 10. The fraction of sp³-hybridized carbons (Fsp3) is 0.400. The Hall–Kier alpha value is -3.98. The van der Waals surface area contributed by atoms with Crippen LogP contribution in [0.2, 0.25) is 0 Å². The number of ether oxygens (including phenoxy) is 2. The van der Waals surface area contributed by atoms with E-state index in [0.29, 0.717) is 48.3 Å². The smallest absolute Gasteiger partial charge is 0.307 e. The fourth-order valence-corrected chi connectivity index (χ4v) is 5.34. The lowest BCUT2D eigenvalue weighted by atomic mass is 9.91. The van der Waals surface area contributed by atoms with Crippen molar-refractivity contribution in [2.24, 2.45) is 5.92 Å². The summed E-state index contributed by atoms with van der Waals surface area (Å²) in [6.07, 6.45) is 7.50. The maximum Gasteiger partial charge on any atom is 0.307 e. The van der Waals surface area contributed by atoms with Crippen molar-refractivity contribution in [1.82, 2.24) is 14.9 Å². The van der Waals surface area contributed by atoms with Crippen LogP contribution >= 0.6 is 0 Å². The molecular formula is C30H35N5O4. The Morgan fingerprint density at radius 1 is 1.23 bits per heavy atom. The van der Waals surface area contributed by atoms with Gasteiger partial charge in [-0.2, -0.15) is 0 Å². The van der Waals surface area contributed by atoms with E-state index < -0.39 is 0 Å². The van der Waals surface area contributed by atoms with Gasteiger partial charge < -0.3 is 20.1 Å². The van der Waals surface area contributed by atoms with Gasteiger partial charge >= 0.3 is 5.97 Å². The molecule has 1 atom stereocenters. The molecule has 9 nitrogen and oxygen atoms in total. The van der Waals surface area contributed by atoms with E-state index in [0.717, 1.165) is 55.4 Å². The van der Waals surface area contributed by atoms with Crippen molar-refractivity contribution in [3.63, 3.8) is 0 Å². The van der Waals surface area contributed by atoms with Crippen LogP contribution in [-0.4, -0.2) is 59.1 Å². The van der Waals surface area contributed by atoms with Gasteiger partial charge in [-0.15, -0.1) is 0 Å². The van der Waals surface area contributed by atoms with Gasteiger partial charge in [0.2, 0.25) is 5.91 Å². The first kappa shape index (κ1) is 26.6. The van der Waals surface area contributed by atoms with Gasteiger partial charge in [0.15, 0.2) is 0 Å². The van der Waals surface area contributed by atoms with Gasteiger partial charge in [0.05, 0.1) is 30.3 Å². The summed E-state index contributed by atoms with van der Waals surface area (Å²) in [7, 11) is 0. The molecule has 1 aromatic heterocycles. The monoisotopic (exact) mass is 529 g/mol. The number of aromatic nitrogens is 2. The summed E-state index contributed by atoms with van der Waals surface area (Å²) in [6, 6.07) is 12.0. The topological polar surface area (TPSA) is 106 Å². The molecule has 0 spiro atoms. The summed E-state index contributed by atoms with van der Waals surface area (Å²) in [6.45, 7) is 8.69. The number of anilines is 3. The second-order valence-electron chi connectivity index (χ2n) is 10.3. The van der Waals surface area contributed by atoms with Crippen molar-refractivity contribution < 1.29 is 19.1 Å². The van der Waals surface area contributed by atoms with Crippen LogP contribution in [-0.2, 0) is 14.3 Å². The molecular weight excluding hydrogens is 494 g/mol. The number of carbonyl (C=O) groups is 2. The molecule has 2 fully saturated rings. The van der Waals surface area contributed by atoms with Gasteiger partial charge in [-0.3, -0.25) is 14.5 Å². The highest BCUT2D eigenvalue weighted by molar-refractivity contribution is 6.03. The number of benzene rings is 2. The maximum absolute atomic E-state index is 12.2. The first-order chi connectivity index (χ1) is 19.0. The number of amides is 1. The number of hydrogen-bond acceptors (Lipinski definition) is 8. The van der Waals surface area contributed by atoms with E-state index in [2.05, 4.69) is 32.1 Å². The number of likely N-dealkylation sites (tertiary alicyclic amines) is 1. The van der Waals surface area contributed by atoms with Crippen molar-refractivity contribution in [2.45, 2.75) is 45.1 Å². The summed E-state index contributed by atoms with van der Waals surface area (Å²) in [5, 5.41) is 7.00. The molecule has 1 amide bonds. The zero-order chi connectivity index (χ0) is 27.2. The van der Waals surface area contributed by atoms with Crippen LogP contribution in [0.1, 0.15) is 37.7 Å². The minimum absolute atomic E-state index is 0.0816. The Balaban J connectivity index is 1.22. The second kappa shape index (κ2) is 12.3. The molecule has 0 radical (unpaired) electrons. The molecule has 2 saturated heterocycles. The predicted molar refractivity (Wildman–Crippen MR) is 151 cm³/mol. The molecule has 0 bridgehead atoms. The third-order valence-electron chi connectivity index (χ3n) is 7.48. The van der Waals surface area contributed by atoms with Crippen molar-refractivity contribution >= 4 is 40.0 Å². The molecule has 3 aromatic rings. The van der Waals surface area contributed by atoms with Crippen LogP contribution in [0.15, 0.2) is 55.4 Å². The van der Waals surface area contributed by atoms with Crippen molar-refractivity contribution in [2.75, 3.05) is 36.9 Å². The summed E-state index contributed by atoms with van der Waals surface area (Å²) >= 11 is 0. The van der Waals surface area contributed by atoms with Crippen LogP contribution in [0.5, 0.6) is 5.75 Å². The summed E-state index contributed by atoms with van der Waals surface area (Å²) in [4.78, 5) is 34.9. The van der Waals surface area contributed by atoms with Gasteiger partial charge in [-0.1, -0.05) is 18.7 Å². The molecule has 2 aromatic carbocycles. The molecule has 9 heteroatoms. The van der Waals surface area contributed by atoms with Gasteiger partial charge in [0.25, 0.3) is 0 Å². The van der Waals surface area contributed by atoms with Crippen LogP contribution in [0.4, 0.5) is 17.2 Å². The third-order valence-corrected chi connectivity index (χ3v) is 7.48. The number of piperidine rings is 1. The number of nitrogens with zero attached hydrogens (tertiary/aromatic N) is 3. The number of hydrogen-bond donors (Lipinski definition) is 2. The van der Waals surface area contributed by atoms with E-state index in [1.165, 1.54) is 12.4 Å². The summed E-state index contributed by atoms with van der Waals surface area (Å²) in [5.41, 5.74) is 3.32. The van der Waals surface area contributed by atoms with Gasteiger partial charge in [0, 0.05) is 17.1 Å². The molecule has 0 saturated carbocycles. The van der Waals surface area contributed by atoms with E-state index in [1.807, 2.05) is 43.3 Å². The Labute approximate surface area is 228 Å². The number of esters is 1. The molecule has 0 aliphatic carbocycles. The van der Waals surface area contributed by atoms with E-state index in [1.54, 1.807) is 0 Å². The Morgan fingerprint density at radius 2 is 2.08 bits per heavy atom. The number of fused-ring (bicyclic) bond motifs is 1. The van der Waals surface area contributed by atoms with Crippen LogP contribution in [0.25, 0.3) is 10.9 Å². The van der Waals surface area contributed by atoms with Crippen molar-refractivity contribution in [3.8, 4) is 5.75 Å². The standard InChI is InChI=1S/C30H35N5O4/c1-3-28(36)34-26-16-24-25(31-19-32-30(24)33-22-8-4-6-20(2)14-22)17-27(26)38-13-5-7-21-9-11-35(12-10-21)23-15-29(37)39-18-23/h3-4,6,8,14,16-17,19,21,23H,1,5,7,9-13,15,18H2,2H3,(H,34,36)(H,31,32,33). The predicted octanol–water partition coefficient (Wildman–Crippen LogP) is 4.99. The minimum atomic E-state index is -0.314.